The molecule has 7 aliphatic carbocycles. The summed E-state index contributed by atoms with van der Waals surface area (Å²) < 4.78 is 5.29. The molecule has 4 bridgehead atoms. The Bertz CT molecular complexity index is 2870. The summed E-state index contributed by atoms with van der Waals surface area (Å²) >= 11 is 1.94. The third kappa shape index (κ3) is 4.42. The average Bonchev–Trinajstić information content (AvgIpc) is 3.88. The van der Waals surface area contributed by atoms with Crippen molar-refractivity contribution in [1.82, 2.24) is 4.57 Å². The zero-order valence-electron chi connectivity index (χ0n) is 32.9. The van der Waals surface area contributed by atoms with Gasteiger partial charge in [0.2, 0.25) is 0 Å². The standard InChI is InChI=1S/C54H48N2S/c1-32-24-40(30-46-42-15-7-10-18-49(42)56(53(32)46)38-12-4-3-5-13-38)55(39-20-21-44-43-16-8-11-19-50(43)57-51(44)31-39)48-23-22-45-41-14-6-9-17-47(41)54(52(45)33(48)2)36-26-34-25-35(28-36)29-37(54)27-34/h3-23,30-37,48H,24-29H2,1-2H3. The summed E-state index contributed by atoms with van der Waals surface area (Å²) in [4.78, 5) is 2.82. The fourth-order valence-corrected chi connectivity index (χ4v) is 15.2. The highest BCUT2D eigenvalue weighted by Gasteiger charge is 2.63. The van der Waals surface area contributed by atoms with Crippen LogP contribution in [0.3, 0.4) is 0 Å². The monoisotopic (exact) mass is 756 g/mol. The van der Waals surface area contributed by atoms with Crippen LogP contribution < -0.4 is 4.90 Å². The highest BCUT2D eigenvalue weighted by Crippen LogP contribution is 2.70. The number of hydrogen-bond donors (Lipinski definition) is 0. The van der Waals surface area contributed by atoms with Crippen LogP contribution in [-0.2, 0) is 5.41 Å². The van der Waals surface area contributed by atoms with Crippen molar-refractivity contribution in [3.8, 4) is 5.69 Å². The average molecular weight is 757 g/mol. The Morgan fingerprint density at radius 2 is 1.39 bits per heavy atom. The fraction of sp³-hybridized carbons (Fsp3) is 0.296. The van der Waals surface area contributed by atoms with E-state index in [4.69, 9.17) is 0 Å². The van der Waals surface area contributed by atoms with Gasteiger partial charge in [-0.3, -0.25) is 0 Å². The van der Waals surface area contributed by atoms with Crippen LogP contribution in [0.4, 0.5) is 5.69 Å². The molecule has 0 aliphatic heterocycles. The molecule has 4 fully saturated rings. The predicted octanol–water partition coefficient (Wildman–Crippen LogP) is 14.1. The second kappa shape index (κ2) is 12.0. The smallest absolute Gasteiger partial charge is 0.0585 e. The van der Waals surface area contributed by atoms with E-state index in [9.17, 15) is 0 Å². The van der Waals surface area contributed by atoms with Crippen molar-refractivity contribution in [3.63, 3.8) is 0 Å². The third-order valence-corrected chi connectivity index (χ3v) is 16.9. The summed E-state index contributed by atoms with van der Waals surface area (Å²) in [6, 6.07) is 46.3. The lowest BCUT2D eigenvalue weighted by Gasteiger charge is -2.63. The van der Waals surface area contributed by atoms with E-state index in [2.05, 4.69) is 163 Å². The second-order valence-corrected chi connectivity index (χ2v) is 19.6. The van der Waals surface area contributed by atoms with Gasteiger partial charge in [-0.2, -0.15) is 0 Å². The molecule has 0 amide bonds. The molecule has 3 unspecified atom stereocenters. The summed E-state index contributed by atoms with van der Waals surface area (Å²) in [6.45, 7) is 5.09. The van der Waals surface area contributed by atoms with Crippen LogP contribution in [0.15, 0.2) is 145 Å². The Morgan fingerprint density at radius 1 is 0.684 bits per heavy atom. The molecule has 3 heteroatoms. The van der Waals surface area contributed by atoms with Crippen LogP contribution in [0.1, 0.15) is 80.7 Å². The van der Waals surface area contributed by atoms with Gasteiger partial charge in [0.05, 0.1) is 11.6 Å². The van der Waals surface area contributed by atoms with Crippen LogP contribution in [-0.4, -0.2) is 10.6 Å². The Kier molecular flexibility index (Phi) is 6.91. The Morgan fingerprint density at radius 3 is 2.21 bits per heavy atom. The van der Waals surface area contributed by atoms with Gasteiger partial charge in [-0.05, 0) is 127 Å². The van der Waals surface area contributed by atoms with Crippen LogP contribution in [0.25, 0.3) is 48.4 Å². The summed E-state index contributed by atoms with van der Waals surface area (Å²) in [5.41, 5.74) is 14.8. The lowest BCUT2D eigenvalue weighted by molar-refractivity contribution is -0.0458. The minimum Gasteiger partial charge on any atom is -0.338 e. The third-order valence-electron chi connectivity index (χ3n) is 15.8. The molecular weight excluding hydrogens is 709 g/mol. The number of benzene rings is 5. The highest BCUT2D eigenvalue weighted by atomic mass is 32.1. The Hall–Kier alpha value is -5.12. The van der Waals surface area contributed by atoms with E-state index < -0.39 is 0 Å². The van der Waals surface area contributed by atoms with Crippen LogP contribution in [0.5, 0.6) is 0 Å². The zero-order valence-corrected chi connectivity index (χ0v) is 33.7. The molecule has 4 saturated carbocycles. The highest BCUT2D eigenvalue weighted by molar-refractivity contribution is 7.25. The minimum absolute atomic E-state index is 0.174. The largest absolute Gasteiger partial charge is 0.338 e. The summed E-state index contributed by atoms with van der Waals surface area (Å²) in [7, 11) is 0. The van der Waals surface area contributed by atoms with Crippen molar-refractivity contribution in [2.75, 3.05) is 4.90 Å². The summed E-state index contributed by atoms with van der Waals surface area (Å²) in [5.74, 6) is 4.11. The molecule has 14 rings (SSSR count). The molecule has 0 N–H and O–H groups in total. The van der Waals surface area contributed by atoms with Crippen molar-refractivity contribution < 1.29 is 0 Å². The van der Waals surface area contributed by atoms with E-state index in [0.717, 1.165) is 30.1 Å². The molecule has 2 nitrogen and oxygen atoms in total. The van der Waals surface area contributed by atoms with Gasteiger partial charge in [0, 0.05) is 71.1 Å². The van der Waals surface area contributed by atoms with Gasteiger partial charge in [0.1, 0.15) is 0 Å². The number of para-hydroxylation sites is 2. The molecule has 3 atom stereocenters. The number of anilines is 1. The number of hydrogen-bond acceptors (Lipinski definition) is 2. The minimum atomic E-state index is 0.174. The molecule has 2 aromatic heterocycles. The Labute approximate surface area is 339 Å². The van der Waals surface area contributed by atoms with E-state index in [0.29, 0.717) is 11.8 Å². The predicted molar refractivity (Wildman–Crippen MR) is 240 cm³/mol. The van der Waals surface area contributed by atoms with Crippen LogP contribution in [0, 0.1) is 29.6 Å². The molecule has 280 valence electrons. The van der Waals surface area contributed by atoms with E-state index in [1.807, 2.05) is 11.3 Å². The maximum Gasteiger partial charge on any atom is 0.0585 e. The first-order chi connectivity index (χ1) is 28.1. The molecule has 7 aliphatic rings. The van der Waals surface area contributed by atoms with Crippen molar-refractivity contribution in [2.24, 2.45) is 29.6 Å². The normalized spacial score (nSPS) is 29.4. The van der Waals surface area contributed by atoms with Gasteiger partial charge < -0.3 is 9.47 Å². The maximum atomic E-state index is 2.82. The lowest BCUT2D eigenvalue weighted by Crippen LogP contribution is -2.57. The lowest BCUT2D eigenvalue weighted by atomic mass is 9.41. The first-order valence-corrected chi connectivity index (χ1v) is 22.5. The quantitative estimate of drug-likeness (QED) is 0.174. The van der Waals surface area contributed by atoms with E-state index in [1.165, 1.54) is 97.1 Å². The number of nitrogens with zero attached hydrogens (tertiary/aromatic N) is 2. The molecule has 1 spiro atoms. The van der Waals surface area contributed by atoms with Gasteiger partial charge in [-0.15, -0.1) is 11.3 Å². The zero-order chi connectivity index (χ0) is 37.6. The van der Waals surface area contributed by atoms with Gasteiger partial charge in [-0.25, -0.2) is 0 Å². The molecule has 57 heavy (non-hydrogen) atoms. The van der Waals surface area contributed by atoms with Crippen molar-refractivity contribution in [3.05, 3.63) is 167 Å². The maximum absolute atomic E-state index is 2.82. The number of fused-ring (bicyclic) bond motifs is 8. The van der Waals surface area contributed by atoms with Gasteiger partial charge >= 0.3 is 0 Å². The molecule has 2 heterocycles. The fourth-order valence-electron chi connectivity index (χ4n) is 14.0. The van der Waals surface area contributed by atoms with Gasteiger partial charge in [-0.1, -0.05) is 111 Å². The number of rotatable bonds is 4. The molecule has 0 radical (unpaired) electrons. The topological polar surface area (TPSA) is 8.17 Å². The van der Waals surface area contributed by atoms with Gasteiger partial charge in [0.25, 0.3) is 0 Å². The van der Waals surface area contributed by atoms with E-state index in [-0.39, 0.29) is 11.5 Å². The van der Waals surface area contributed by atoms with Crippen LogP contribution >= 0.6 is 11.3 Å². The van der Waals surface area contributed by atoms with Gasteiger partial charge in [0.15, 0.2) is 0 Å². The van der Waals surface area contributed by atoms with E-state index >= 15 is 0 Å². The summed E-state index contributed by atoms with van der Waals surface area (Å²) in [5, 5.41) is 4.08. The van der Waals surface area contributed by atoms with Crippen molar-refractivity contribution >= 4 is 59.7 Å². The first kappa shape index (κ1) is 32.9. The van der Waals surface area contributed by atoms with Crippen LogP contribution in [0.2, 0.25) is 0 Å². The first-order valence-electron chi connectivity index (χ1n) is 21.7. The second-order valence-electron chi connectivity index (χ2n) is 18.6. The SMILES string of the molecule is CC1CC(N(c2ccc3c(c2)sc2ccccc23)C2C=CC3=C(C2C)C2(c4ccccc43)C3CC4CC(C3)CC2C4)=Cc2c1n(-c1ccccc1)c1ccccc21. The molecular formula is C54H48N2S. The van der Waals surface area contributed by atoms with Crippen molar-refractivity contribution in [1.29, 1.82) is 0 Å². The molecule has 7 aromatic rings. The number of thiophene rings is 1. The summed E-state index contributed by atoms with van der Waals surface area (Å²) in [6.07, 6.45) is 15.9. The van der Waals surface area contributed by atoms with Crippen molar-refractivity contribution in [2.45, 2.75) is 69.7 Å². The number of allylic oxidation sites excluding steroid dienone is 3. The molecule has 5 aromatic carbocycles. The Balaban J connectivity index is 1.01. The van der Waals surface area contributed by atoms with E-state index in [1.54, 1.807) is 16.7 Å². The molecule has 0 saturated heterocycles. The number of aromatic nitrogens is 1.